The largest absolute Gasteiger partial charge is 0.493 e. The first-order chi connectivity index (χ1) is 10.3. The predicted molar refractivity (Wildman–Crippen MR) is 86.7 cm³/mol. The first-order valence-corrected chi connectivity index (χ1v) is 7.56. The van der Waals surface area contributed by atoms with Crippen molar-refractivity contribution in [2.24, 2.45) is 0 Å². The Morgan fingerprint density at radius 1 is 1.10 bits per heavy atom. The lowest BCUT2D eigenvalue weighted by Crippen LogP contribution is -2.21. The highest BCUT2D eigenvalue weighted by Gasteiger charge is 2.00. The van der Waals surface area contributed by atoms with E-state index in [1.54, 1.807) is 6.20 Å². The Labute approximate surface area is 127 Å². The van der Waals surface area contributed by atoms with Crippen molar-refractivity contribution >= 4 is 0 Å². The molecule has 2 rings (SSSR count). The minimum Gasteiger partial charge on any atom is -0.493 e. The zero-order valence-corrected chi connectivity index (χ0v) is 12.9. The van der Waals surface area contributed by atoms with Gasteiger partial charge in [-0.05, 0) is 56.1 Å². The third-order valence-corrected chi connectivity index (χ3v) is 3.66. The number of nitrogens with one attached hydrogen (secondary N) is 1. The smallest absolute Gasteiger partial charge is 0.119 e. The zero-order valence-electron chi connectivity index (χ0n) is 12.9. The van der Waals surface area contributed by atoms with Crippen molar-refractivity contribution in [3.05, 3.63) is 59.9 Å². The van der Waals surface area contributed by atoms with Crippen molar-refractivity contribution in [3.63, 3.8) is 0 Å². The molecular weight excluding hydrogens is 260 g/mol. The maximum atomic E-state index is 5.77. The lowest BCUT2D eigenvalue weighted by molar-refractivity contribution is 0.321. The van der Waals surface area contributed by atoms with Gasteiger partial charge in [0.25, 0.3) is 0 Å². The fourth-order valence-corrected chi connectivity index (χ4v) is 2.11. The Kier molecular flexibility index (Phi) is 6.22. The van der Waals surface area contributed by atoms with Crippen molar-refractivity contribution in [1.29, 1.82) is 0 Å². The van der Waals surface area contributed by atoms with Gasteiger partial charge in [0, 0.05) is 24.9 Å². The number of nitrogens with zero attached hydrogens (tertiary/aromatic N) is 1. The summed E-state index contributed by atoms with van der Waals surface area (Å²) in [6, 6.07) is 13.0. The molecule has 3 heteroatoms. The number of pyridine rings is 1. The molecule has 0 aliphatic heterocycles. The minimum atomic E-state index is 0.556. The second kappa shape index (κ2) is 8.42. The summed E-state index contributed by atoms with van der Waals surface area (Å²) in [5.41, 5.74) is 2.56. The average molecular weight is 284 g/mol. The van der Waals surface area contributed by atoms with Gasteiger partial charge in [-0.15, -0.1) is 0 Å². The Morgan fingerprint density at radius 3 is 2.57 bits per heavy atom. The van der Waals surface area contributed by atoms with Crippen LogP contribution in [0.5, 0.6) is 5.75 Å². The number of hydrogen-bond acceptors (Lipinski definition) is 3. The summed E-state index contributed by atoms with van der Waals surface area (Å²) in [5.74, 6) is 0.935. The van der Waals surface area contributed by atoms with E-state index >= 15 is 0 Å². The van der Waals surface area contributed by atoms with Crippen LogP contribution < -0.4 is 10.1 Å². The average Bonchev–Trinajstić information content (AvgIpc) is 2.55. The molecule has 0 saturated carbocycles. The Morgan fingerprint density at radius 2 is 1.90 bits per heavy atom. The molecule has 1 atom stereocenters. The summed E-state index contributed by atoms with van der Waals surface area (Å²) < 4.78 is 5.77. The van der Waals surface area contributed by atoms with Crippen LogP contribution in [0, 0.1) is 0 Å². The number of rotatable bonds is 8. The summed E-state index contributed by atoms with van der Waals surface area (Å²) >= 11 is 0. The number of benzene rings is 1. The molecule has 2 aromatic rings. The van der Waals surface area contributed by atoms with E-state index in [-0.39, 0.29) is 0 Å². The van der Waals surface area contributed by atoms with Crippen LogP contribution in [0.4, 0.5) is 0 Å². The van der Waals surface area contributed by atoms with E-state index in [2.05, 4.69) is 47.6 Å². The molecule has 0 spiro atoms. The Hall–Kier alpha value is -1.87. The SMILES string of the molecule is CNC(C)CCc1ccc(OCCc2cccnc2)cc1. The number of ether oxygens (including phenoxy) is 1. The molecule has 0 bridgehead atoms. The first-order valence-electron chi connectivity index (χ1n) is 7.56. The van der Waals surface area contributed by atoms with Crippen LogP contribution in [0.1, 0.15) is 24.5 Å². The molecule has 1 aromatic heterocycles. The molecule has 3 nitrogen and oxygen atoms in total. The summed E-state index contributed by atoms with van der Waals surface area (Å²) in [7, 11) is 2.00. The fourth-order valence-electron chi connectivity index (χ4n) is 2.11. The van der Waals surface area contributed by atoms with Gasteiger partial charge in [0.05, 0.1) is 6.61 Å². The lowest BCUT2D eigenvalue weighted by Gasteiger charge is -2.10. The van der Waals surface area contributed by atoms with E-state index in [0.29, 0.717) is 12.6 Å². The number of aryl methyl sites for hydroxylation is 1. The highest BCUT2D eigenvalue weighted by molar-refractivity contribution is 5.27. The third-order valence-electron chi connectivity index (χ3n) is 3.66. The van der Waals surface area contributed by atoms with Gasteiger partial charge in [0.15, 0.2) is 0 Å². The molecule has 0 saturated heterocycles. The van der Waals surface area contributed by atoms with Crippen LogP contribution >= 0.6 is 0 Å². The maximum Gasteiger partial charge on any atom is 0.119 e. The summed E-state index contributed by atoms with van der Waals surface area (Å²) in [6.45, 7) is 2.89. The summed E-state index contributed by atoms with van der Waals surface area (Å²) in [5, 5.41) is 3.26. The second-order valence-electron chi connectivity index (χ2n) is 5.33. The molecular formula is C18H24N2O. The Balaban J connectivity index is 1.74. The van der Waals surface area contributed by atoms with E-state index < -0.39 is 0 Å². The van der Waals surface area contributed by atoms with E-state index in [4.69, 9.17) is 4.74 Å². The first kappa shape index (κ1) is 15.5. The molecule has 0 aliphatic carbocycles. The molecule has 0 radical (unpaired) electrons. The molecule has 1 unspecified atom stereocenters. The van der Waals surface area contributed by atoms with Gasteiger partial charge < -0.3 is 10.1 Å². The lowest BCUT2D eigenvalue weighted by atomic mass is 10.1. The van der Waals surface area contributed by atoms with Crippen LogP contribution in [0.25, 0.3) is 0 Å². The van der Waals surface area contributed by atoms with Gasteiger partial charge in [-0.2, -0.15) is 0 Å². The van der Waals surface area contributed by atoms with Gasteiger partial charge in [-0.25, -0.2) is 0 Å². The maximum absolute atomic E-state index is 5.77. The summed E-state index contributed by atoms with van der Waals surface area (Å²) in [6.07, 6.45) is 6.80. The van der Waals surface area contributed by atoms with Crippen molar-refractivity contribution in [2.75, 3.05) is 13.7 Å². The fraction of sp³-hybridized carbons (Fsp3) is 0.389. The van der Waals surface area contributed by atoms with Crippen LogP contribution in [0.15, 0.2) is 48.8 Å². The van der Waals surface area contributed by atoms with Crippen molar-refractivity contribution in [2.45, 2.75) is 32.2 Å². The van der Waals surface area contributed by atoms with Gasteiger partial charge >= 0.3 is 0 Å². The van der Waals surface area contributed by atoms with E-state index in [0.717, 1.165) is 25.0 Å². The molecule has 21 heavy (non-hydrogen) atoms. The Bertz CT molecular complexity index is 511. The molecule has 1 aromatic carbocycles. The molecule has 1 heterocycles. The van der Waals surface area contributed by atoms with Crippen LogP contribution in [-0.2, 0) is 12.8 Å². The van der Waals surface area contributed by atoms with Crippen LogP contribution in [0.2, 0.25) is 0 Å². The molecule has 112 valence electrons. The third kappa shape index (κ3) is 5.56. The van der Waals surface area contributed by atoms with Crippen molar-refractivity contribution in [3.8, 4) is 5.75 Å². The quantitative estimate of drug-likeness (QED) is 0.808. The highest BCUT2D eigenvalue weighted by atomic mass is 16.5. The monoisotopic (exact) mass is 284 g/mol. The van der Waals surface area contributed by atoms with Gasteiger partial charge in [-0.3, -0.25) is 4.98 Å². The van der Waals surface area contributed by atoms with E-state index in [1.807, 2.05) is 19.3 Å². The second-order valence-corrected chi connectivity index (χ2v) is 5.33. The van der Waals surface area contributed by atoms with E-state index in [1.165, 1.54) is 11.1 Å². The molecule has 1 N–H and O–H groups in total. The van der Waals surface area contributed by atoms with Crippen LogP contribution in [0.3, 0.4) is 0 Å². The zero-order chi connectivity index (χ0) is 14.9. The van der Waals surface area contributed by atoms with E-state index in [9.17, 15) is 0 Å². The van der Waals surface area contributed by atoms with Crippen LogP contribution in [-0.4, -0.2) is 24.7 Å². The van der Waals surface area contributed by atoms with Gasteiger partial charge in [0.2, 0.25) is 0 Å². The highest BCUT2D eigenvalue weighted by Crippen LogP contribution is 2.14. The predicted octanol–water partition coefficient (Wildman–Crippen LogP) is 3.24. The van der Waals surface area contributed by atoms with Gasteiger partial charge in [0.1, 0.15) is 5.75 Å². The normalized spacial score (nSPS) is 12.1. The topological polar surface area (TPSA) is 34.1 Å². The minimum absolute atomic E-state index is 0.556. The molecule has 0 amide bonds. The number of aromatic nitrogens is 1. The number of hydrogen-bond donors (Lipinski definition) is 1. The summed E-state index contributed by atoms with van der Waals surface area (Å²) in [4.78, 5) is 4.10. The van der Waals surface area contributed by atoms with Crippen molar-refractivity contribution < 1.29 is 4.74 Å². The van der Waals surface area contributed by atoms with Gasteiger partial charge in [-0.1, -0.05) is 18.2 Å². The standard InChI is InChI=1S/C18H24N2O/c1-15(19-2)5-6-16-7-9-18(10-8-16)21-13-11-17-4-3-12-20-14-17/h3-4,7-10,12,14-15,19H,5-6,11,13H2,1-2H3. The van der Waals surface area contributed by atoms with Crippen molar-refractivity contribution in [1.82, 2.24) is 10.3 Å². The molecule has 0 fully saturated rings. The molecule has 0 aliphatic rings.